The molecule has 0 saturated carbocycles. The number of primary amides is 1. The Morgan fingerprint density at radius 2 is 1.32 bits per heavy atom. The van der Waals surface area contributed by atoms with Gasteiger partial charge < -0.3 is 58.3 Å². The van der Waals surface area contributed by atoms with E-state index in [9.17, 15) is 38.4 Å². The summed E-state index contributed by atoms with van der Waals surface area (Å²) in [5.41, 5.74) is 16.2. The number of nitrogens with zero attached hydrogens (tertiary/aromatic N) is 3. The lowest BCUT2D eigenvalue weighted by atomic mass is 10.0. The lowest BCUT2D eigenvalue weighted by molar-refractivity contribution is -0.148. The number of rotatable bonds is 21. The van der Waals surface area contributed by atoms with Gasteiger partial charge in [-0.05, 0) is 85.1 Å². The molecular formula is C42H67N11O9. The number of unbranched alkanes of at least 4 members (excludes halogenated alkanes) is 1. The number of carbonyl (C=O) groups excluding carboxylic acids is 8. The van der Waals surface area contributed by atoms with Crippen molar-refractivity contribution in [3.05, 3.63) is 35.9 Å². The highest BCUT2D eigenvalue weighted by molar-refractivity contribution is 5.97. The molecule has 0 radical (unpaired) electrons. The van der Waals surface area contributed by atoms with Gasteiger partial charge in [0.1, 0.15) is 47.9 Å². The van der Waals surface area contributed by atoms with Gasteiger partial charge in [0.15, 0.2) is 5.96 Å². The van der Waals surface area contributed by atoms with Crippen LogP contribution in [0.2, 0.25) is 0 Å². The van der Waals surface area contributed by atoms with Gasteiger partial charge in [-0.25, -0.2) is 4.79 Å². The van der Waals surface area contributed by atoms with E-state index in [-0.39, 0.29) is 31.9 Å². The maximum Gasteiger partial charge on any atom is 0.408 e. The van der Waals surface area contributed by atoms with Gasteiger partial charge in [0.25, 0.3) is 0 Å². The summed E-state index contributed by atoms with van der Waals surface area (Å²) < 4.78 is 5.30. The van der Waals surface area contributed by atoms with Gasteiger partial charge in [-0.15, -0.1) is 0 Å². The minimum Gasteiger partial charge on any atom is -0.444 e. The third-order valence-corrected chi connectivity index (χ3v) is 10.5. The number of likely N-dealkylation sites (tertiary alicyclic amines) is 2. The number of alkyl carbamates (subject to hydrolysis) is 1. The molecule has 0 aliphatic carbocycles. The van der Waals surface area contributed by atoms with Crippen LogP contribution in [0.15, 0.2) is 35.3 Å². The summed E-state index contributed by atoms with van der Waals surface area (Å²) in [5, 5.41) is 13.1. The summed E-state index contributed by atoms with van der Waals surface area (Å²) in [6.45, 7) is 10.5. The van der Waals surface area contributed by atoms with E-state index in [0.717, 1.165) is 12.0 Å². The van der Waals surface area contributed by atoms with E-state index in [1.807, 2.05) is 13.0 Å². The summed E-state index contributed by atoms with van der Waals surface area (Å²) in [4.78, 5) is 114. The molecule has 2 aliphatic heterocycles. The summed E-state index contributed by atoms with van der Waals surface area (Å²) in [7, 11) is 0. The molecule has 2 aliphatic rings. The highest BCUT2D eigenvalue weighted by Crippen LogP contribution is 2.26. The minimum absolute atomic E-state index is 0.0756. The largest absolute Gasteiger partial charge is 0.444 e. The zero-order chi connectivity index (χ0) is 46.1. The number of hydrogen-bond donors (Lipinski definition) is 8. The standard InChI is InChI=1S/C42H67N11O9/c1-7-8-17-28(33(43)54)49-37(58)31-19-13-22-52(31)39(60)32-20-14-23-53(32)38(59)30(24-27-15-10-9-11-16-27)50-35(56)26(3)47-34(55)25(2)48-36(57)29(18-12-21-46-40(44)45)51-41(61)62-42(4,5)6/h9-11,15-16,25-26,28-32H,7-8,12-14,17-24H2,1-6H3,(H2,43,54)(H,47,55)(H,48,57)(H,49,58)(H,50,56)(H,51,61)(H4,44,45,46)/t25-,26+,28-,29-,30-,31-,32+/m0/s1. The molecule has 0 bridgehead atoms. The fraction of sp³-hybridized carbons (Fsp3) is 0.643. The number of nitrogens with two attached hydrogens (primary N) is 3. The molecule has 20 nitrogen and oxygen atoms in total. The number of ether oxygens (including phenoxy) is 1. The van der Waals surface area contributed by atoms with Crippen LogP contribution < -0.4 is 43.8 Å². The topological polar surface area (TPSA) is 303 Å². The van der Waals surface area contributed by atoms with E-state index < -0.39 is 95.3 Å². The summed E-state index contributed by atoms with van der Waals surface area (Å²) in [5.74, 6) is -4.25. The number of nitrogens with one attached hydrogen (secondary N) is 5. The minimum atomic E-state index is -1.18. The van der Waals surface area contributed by atoms with E-state index in [4.69, 9.17) is 21.9 Å². The summed E-state index contributed by atoms with van der Waals surface area (Å²) in [6, 6.07) is 1.83. The molecule has 8 amide bonds. The van der Waals surface area contributed by atoms with Gasteiger partial charge in [-0.3, -0.25) is 38.6 Å². The lowest BCUT2D eigenvalue weighted by Gasteiger charge is -2.33. The van der Waals surface area contributed by atoms with Crippen LogP contribution >= 0.6 is 0 Å². The molecule has 2 saturated heterocycles. The van der Waals surface area contributed by atoms with Gasteiger partial charge in [0, 0.05) is 26.1 Å². The first kappa shape index (κ1) is 50.4. The third kappa shape index (κ3) is 15.8. The van der Waals surface area contributed by atoms with Crippen LogP contribution in [0.5, 0.6) is 0 Å². The number of benzene rings is 1. The second-order valence-corrected chi connectivity index (χ2v) is 16.8. The Hall–Kier alpha value is -5.95. The Labute approximate surface area is 363 Å². The van der Waals surface area contributed by atoms with Gasteiger partial charge >= 0.3 is 6.09 Å². The van der Waals surface area contributed by atoms with Crippen molar-refractivity contribution in [2.75, 3.05) is 19.6 Å². The molecular weight excluding hydrogens is 803 g/mol. The lowest BCUT2D eigenvalue weighted by Crippen LogP contribution is -2.59. The number of carbonyl (C=O) groups is 8. The third-order valence-electron chi connectivity index (χ3n) is 10.5. The first-order valence-corrected chi connectivity index (χ1v) is 21.4. The normalized spacial score (nSPS) is 18.5. The van der Waals surface area contributed by atoms with Crippen LogP contribution in [-0.4, -0.2) is 131 Å². The van der Waals surface area contributed by atoms with E-state index >= 15 is 0 Å². The van der Waals surface area contributed by atoms with Crippen molar-refractivity contribution in [1.29, 1.82) is 0 Å². The summed E-state index contributed by atoms with van der Waals surface area (Å²) in [6.07, 6.45) is 3.34. The van der Waals surface area contributed by atoms with Crippen LogP contribution in [0.3, 0.4) is 0 Å². The number of hydrogen-bond acceptors (Lipinski definition) is 10. The second-order valence-electron chi connectivity index (χ2n) is 16.8. The van der Waals surface area contributed by atoms with E-state index in [2.05, 4.69) is 31.6 Å². The fourth-order valence-corrected chi connectivity index (χ4v) is 7.30. The van der Waals surface area contributed by atoms with Crippen LogP contribution in [0, 0.1) is 0 Å². The quantitative estimate of drug-likeness (QED) is 0.0455. The number of amides is 8. The highest BCUT2D eigenvalue weighted by atomic mass is 16.6. The molecule has 0 unspecified atom stereocenters. The van der Waals surface area contributed by atoms with Crippen molar-refractivity contribution in [2.45, 2.75) is 154 Å². The van der Waals surface area contributed by atoms with Gasteiger partial charge in [-0.1, -0.05) is 50.1 Å². The van der Waals surface area contributed by atoms with Gasteiger partial charge in [-0.2, -0.15) is 0 Å². The molecule has 1 aromatic rings. The fourth-order valence-electron chi connectivity index (χ4n) is 7.30. The number of guanidine groups is 1. The average Bonchev–Trinajstić information content (AvgIpc) is 3.90. The van der Waals surface area contributed by atoms with Gasteiger partial charge in [0.05, 0.1) is 0 Å². The van der Waals surface area contributed by atoms with E-state index in [1.54, 1.807) is 45.0 Å². The monoisotopic (exact) mass is 870 g/mol. The molecule has 20 heteroatoms. The number of aliphatic imine (C=N–C) groups is 1. The Balaban J connectivity index is 1.71. The van der Waals surface area contributed by atoms with Crippen molar-refractivity contribution >= 4 is 53.4 Å². The summed E-state index contributed by atoms with van der Waals surface area (Å²) >= 11 is 0. The second kappa shape index (κ2) is 23.9. The zero-order valence-corrected chi connectivity index (χ0v) is 36.9. The molecule has 62 heavy (non-hydrogen) atoms. The maximum atomic E-state index is 14.4. The molecule has 7 atom stereocenters. The van der Waals surface area contributed by atoms with Crippen molar-refractivity contribution < 1.29 is 43.1 Å². The molecule has 3 rings (SSSR count). The predicted octanol–water partition coefficient (Wildman–Crippen LogP) is -0.187. The van der Waals surface area contributed by atoms with Crippen molar-refractivity contribution in [3.63, 3.8) is 0 Å². The van der Waals surface area contributed by atoms with Gasteiger partial charge in [0.2, 0.25) is 41.4 Å². The zero-order valence-electron chi connectivity index (χ0n) is 36.9. The first-order chi connectivity index (χ1) is 29.2. The van der Waals surface area contributed by atoms with Crippen molar-refractivity contribution in [2.24, 2.45) is 22.2 Å². The Bertz CT molecular complexity index is 1770. The molecule has 0 spiro atoms. The molecule has 1 aromatic carbocycles. The molecule has 11 N–H and O–H groups in total. The Morgan fingerprint density at radius 1 is 0.742 bits per heavy atom. The van der Waals surface area contributed by atoms with Crippen LogP contribution in [0.4, 0.5) is 4.79 Å². The maximum absolute atomic E-state index is 14.4. The van der Waals surface area contributed by atoms with Crippen molar-refractivity contribution in [1.82, 2.24) is 36.4 Å². The van der Waals surface area contributed by atoms with Crippen LogP contribution in [0.25, 0.3) is 0 Å². The predicted molar refractivity (Wildman–Crippen MR) is 230 cm³/mol. The smallest absolute Gasteiger partial charge is 0.408 e. The van der Waals surface area contributed by atoms with E-state index in [0.29, 0.717) is 51.5 Å². The van der Waals surface area contributed by atoms with Crippen LogP contribution in [-0.2, 0) is 44.7 Å². The molecule has 0 aromatic heterocycles. The van der Waals surface area contributed by atoms with Crippen molar-refractivity contribution in [3.8, 4) is 0 Å². The molecule has 2 heterocycles. The average molecular weight is 870 g/mol. The first-order valence-electron chi connectivity index (χ1n) is 21.4. The highest BCUT2D eigenvalue weighted by Gasteiger charge is 2.44. The molecule has 344 valence electrons. The van der Waals surface area contributed by atoms with E-state index in [1.165, 1.54) is 23.6 Å². The SMILES string of the molecule is CCCC[C@H](NC(=O)[C@@H]1CCCN1C(=O)[C@H]1CCCN1C(=O)[C@H](Cc1ccccc1)NC(=O)[C@@H](C)NC(=O)[C@H](C)NC(=O)[C@H](CCCN=C(N)N)NC(=O)OC(C)(C)C)C(N)=O. The Kier molecular flexibility index (Phi) is 19.4. The molecule has 2 fully saturated rings. The Morgan fingerprint density at radius 3 is 1.92 bits per heavy atom. The van der Waals surface area contributed by atoms with Crippen LogP contribution in [0.1, 0.15) is 105 Å².